The average molecular weight is 421 g/mol. The molecule has 0 saturated heterocycles. The first-order chi connectivity index (χ1) is 14.3. The number of rotatable bonds is 3. The lowest BCUT2D eigenvalue weighted by Gasteiger charge is -2.13. The molecule has 1 saturated carbocycles. The Bertz CT molecular complexity index is 1020. The number of nitrogens with one attached hydrogen (secondary N) is 1. The molecule has 1 N–H and O–H groups in total. The van der Waals surface area contributed by atoms with Crippen LogP contribution in [-0.4, -0.2) is 20.4 Å². The molecule has 1 aliphatic carbocycles. The van der Waals surface area contributed by atoms with Crippen molar-refractivity contribution >= 4 is 18.2 Å². The van der Waals surface area contributed by atoms with E-state index in [4.69, 9.17) is 9.15 Å². The van der Waals surface area contributed by atoms with Gasteiger partial charge in [0.15, 0.2) is 6.04 Å². The summed E-state index contributed by atoms with van der Waals surface area (Å²) in [6, 6.07) is 19.0. The topological polar surface area (TPSA) is 36.3 Å². The van der Waals surface area contributed by atoms with Crippen LogP contribution in [0.5, 0.6) is 5.75 Å². The van der Waals surface area contributed by atoms with E-state index in [1.54, 1.807) is 7.11 Å². The summed E-state index contributed by atoms with van der Waals surface area (Å²) in [5.74, 6) is 1.73. The summed E-state index contributed by atoms with van der Waals surface area (Å²) in [5.41, 5.74) is 1.97. The lowest BCUT2D eigenvalue weighted by atomic mass is 9.96. The minimum atomic E-state index is -6.00. The predicted octanol–water partition coefficient (Wildman–Crippen LogP) is 4.72. The van der Waals surface area contributed by atoms with Gasteiger partial charge in [-0.05, 0) is 49.2 Å². The first-order valence-corrected chi connectivity index (χ1v) is 9.97. The third kappa shape index (κ3) is 6.37. The van der Waals surface area contributed by atoms with Crippen LogP contribution in [0.4, 0.5) is 17.3 Å². The number of ether oxygens (including phenoxy) is 1. The Hall–Kier alpha value is -2.77. The molecule has 2 aromatic carbocycles. The summed E-state index contributed by atoms with van der Waals surface area (Å²) in [7, 11) is -4.32. The molecular formula is C22H24BF4NO2. The minimum Gasteiger partial charge on any atom is -0.497 e. The Balaban J connectivity index is 0.000000461. The van der Waals surface area contributed by atoms with E-state index in [0.717, 1.165) is 28.0 Å². The first-order valence-electron chi connectivity index (χ1n) is 9.97. The van der Waals surface area contributed by atoms with Crippen molar-refractivity contribution < 1.29 is 31.4 Å². The number of benzene rings is 2. The molecule has 8 heteroatoms. The molecule has 4 rings (SSSR count). The van der Waals surface area contributed by atoms with Crippen molar-refractivity contribution in [3.05, 3.63) is 60.0 Å². The summed E-state index contributed by atoms with van der Waals surface area (Å²) in [6.45, 7) is 0. The molecule has 0 bridgehead atoms. The molecule has 0 radical (unpaired) electrons. The van der Waals surface area contributed by atoms with Crippen LogP contribution in [0.3, 0.4) is 0 Å². The van der Waals surface area contributed by atoms with E-state index < -0.39 is 7.25 Å². The third-order valence-electron chi connectivity index (χ3n) is 5.01. The first kappa shape index (κ1) is 21.9. The molecule has 1 fully saturated rings. The maximum absolute atomic E-state index is 9.75. The maximum atomic E-state index is 9.75. The van der Waals surface area contributed by atoms with Crippen LogP contribution in [0.1, 0.15) is 32.1 Å². The van der Waals surface area contributed by atoms with Crippen LogP contribution >= 0.6 is 0 Å². The number of hydrogen-bond acceptors (Lipinski definition) is 2. The minimum absolute atomic E-state index is 0.559. The van der Waals surface area contributed by atoms with E-state index in [2.05, 4.69) is 23.2 Å². The molecule has 1 aliphatic rings. The Morgan fingerprint density at radius 2 is 1.57 bits per heavy atom. The van der Waals surface area contributed by atoms with E-state index >= 15 is 0 Å². The molecule has 160 valence electrons. The third-order valence-corrected chi connectivity index (χ3v) is 5.01. The summed E-state index contributed by atoms with van der Waals surface area (Å²) < 4.78 is 50.4. The van der Waals surface area contributed by atoms with Gasteiger partial charge in [-0.25, -0.2) is 4.99 Å². The summed E-state index contributed by atoms with van der Waals surface area (Å²) in [6.07, 6.45) is 6.49. The second kappa shape index (κ2) is 9.83. The number of halogens is 4. The molecule has 0 unspecified atom stereocenters. The normalized spacial score (nSPS) is 15.6. The molecule has 30 heavy (non-hydrogen) atoms. The summed E-state index contributed by atoms with van der Waals surface area (Å²) in [4.78, 5) is 3.77. The van der Waals surface area contributed by atoms with Crippen molar-refractivity contribution in [1.82, 2.24) is 0 Å². The molecule has 1 aromatic heterocycles. The zero-order valence-corrected chi connectivity index (χ0v) is 16.7. The number of fused-ring (bicyclic) bond motifs is 1. The lowest BCUT2D eigenvalue weighted by molar-refractivity contribution is -0.546. The van der Waals surface area contributed by atoms with Gasteiger partial charge in [0, 0.05) is 18.4 Å². The molecule has 0 aliphatic heterocycles. The highest BCUT2D eigenvalue weighted by Crippen LogP contribution is 2.24. The van der Waals surface area contributed by atoms with Gasteiger partial charge in [0.25, 0.3) is 0 Å². The molecule has 0 atom stereocenters. The van der Waals surface area contributed by atoms with E-state index in [0.29, 0.717) is 6.04 Å². The van der Waals surface area contributed by atoms with E-state index in [1.165, 1.54) is 37.5 Å². The highest BCUT2D eigenvalue weighted by atomic mass is 19.5. The highest BCUT2D eigenvalue weighted by molar-refractivity contribution is 6.50. The Kier molecular flexibility index (Phi) is 7.18. The average Bonchev–Trinajstić information content (AvgIpc) is 2.73. The fourth-order valence-electron chi connectivity index (χ4n) is 3.62. The Morgan fingerprint density at radius 1 is 0.933 bits per heavy atom. The van der Waals surface area contributed by atoms with Crippen LogP contribution in [0.2, 0.25) is 0 Å². The van der Waals surface area contributed by atoms with Crippen molar-refractivity contribution in [2.45, 2.75) is 38.1 Å². The fourth-order valence-corrected chi connectivity index (χ4v) is 3.62. The number of para-hydroxylation sites is 1. The standard InChI is InChI=1S/C22H23NO2.BF4/c1-24-18-13-11-16(12-14-18)22-15-20(23-17-7-3-2-4-8-17)19-9-5-6-10-21(19)25-22;2-1(3,4)5/h5-6,9-15,17H,2-4,7-8H2,1H3;/q;-1/p+1. The number of methoxy groups -OCH3 is 1. The van der Waals surface area contributed by atoms with Gasteiger partial charge in [0.2, 0.25) is 5.36 Å². The molecular weight excluding hydrogens is 397 g/mol. The van der Waals surface area contributed by atoms with Crippen molar-refractivity contribution in [2.75, 3.05) is 7.11 Å². The summed E-state index contributed by atoms with van der Waals surface area (Å²) in [5, 5.41) is 2.31. The monoisotopic (exact) mass is 421 g/mol. The van der Waals surface area contributed by atoms with Crippen molar-refractivity contribution in [2.24, 2.45) is 0 Å². The van der Waals surface area contributed by atoms with Crippen molar-refractivity contribution in [3.63, 3.8) is 0 Å². The maximum Gasteiger partial charge on any atom is 0.673 e. The zero-order chi connectivity index (χ0) is 21.6. The lowest BCUT2D eigenvalue weighted by Crippen LogP contribution is -2.83. The molecule has 3 nitrogen and oxygen atoms in total. The second-order valence-corrected chi connectivity index (χ2v) is 7.22. The van der Waals surface area contributed by atoms with Gasteiger partial charge >= 0.3 is 7.25 Å². The second-order valence-electron chi connectivity index (χ2n) is 7.22. The van der Waals surface area contributed by atoms with Crippen LogP contribution in [0.15, 0.2) is 59.0 Å². The molecule has 1 heterocycles. The molecule has 0 spiro atoms. The Morgan fingerprint density at radius 3 is 2.20 bits per heavy atom. The van der Waals surface area contributed by atoms with Crippen molar-refractivity contribution in [3.8, 4) is 17.1 Å². The summed E-state index contributed by atoms with van der Waals surface area (Å²) >= 11 is 0. The van der Waals surface area contributed by atoms with Crippen LogP contribution in [-0.2, 0) is 0 Å². The quantitative estimate of drug-likeness (QED) is 0.491. The molecule has 0 amide bonds. The van der Waals surface area contributed by atoms with Gasteiger partial charge in [-0.2, -0.15) is 0 Å². The smallest absolute Gasteiger partial charge is 0.497 e. The number of hydrogen-bond donors (Lipinski definition) is 1. The van der Waals surface area contributed by atoms with Gasteiger partial charge < -0.3 is 26.4 Å². The van der Waals surface area contributed by atoms with Gasteiger partial charge in [-0.15, -0.1) is 0 Å². The SMILES string of the molecule is COc1ccc(-c2cc(=[NH+]C3CCCCC3)c3ccccc3o2)cc1.F[B-](F)(F)F. The van der Waals surface area contributed by atoms with Crippen LogP contribution in [0, 0.1) is 0 Å². The van der Waals surface area contributed by atoms with Crippen LogP contribution < -0.4 is 15.1 Å². The van der Waals surface area contributed by atoms with E-state index in [9.17, 15) is 17.3 Å². The van der Waals surface area contributed by atoms with Gasteiger partial charge in [-0.3, -0.25) is 0 Å². The molecule has 3 aromatic rings. The van der Waals surface area contributed by atoms with E-state index in [1.807, 2.05) is 36.4 Å². The van der Waals surface area contributed by atoms with Gasteiger partial charge in [0.1, 0.15) is 17.1 Å². The van der Waals surface area contributed by atoms with Crippen LogP contribution in [0.25, 0.3) is 22.3 Å². The van der Waals surface area contributed by atoms with Gasteiger partial charge in [-0.1, -0.05) is 18.6 Å². The highest BCUT2D eigenvalue weighted by Gasteiger charge is 2.20. The largest absolute Gasteiger partial charge is 0.673 e. The van der Waals surface area contributed by atoms with Gasteiger partial charge in [0.05, 0.1) is 18.6 Å². The Labute approximate surface area is 172 Å². The van der Waals surface area contributed by atoms with E-state index in [-0.39, 0.29) is 0 Å². The zero-order valence-electron chi connectivity index (χ0n) is 16.7. The fraction of sp³-hybridized carbons (Fsp3) is 0.318. The van der Waals surface area contributed by atoms with Crippen molar-refractivity contribution in [1.29, 1.82) is 0 Å². The predicted molar refractivity (Wildman–Crippen MR) is 109 cm³/mol.